The van der Waals surface area contributed by atoms with Crippen molar-refractivity contribution in [2.75, 3.05) is 6.54 Å². The molecule has 1 atom stereocenters. The monoisotopic (exact) mass is 450 g/mol. The van der Waals surface area contributed by atoms with E-state index in [0.29, 0.717) is 11.7 Å². The fourth-order valence-electron chi connectivity index (χ4n) is 3.44. The molecule has 0 spiro atoms. The lowest BCUT2D eigenvalue weighted by molar-refractivity contribution is 0.528. The van der Waals surface area contributed by atoms with Crippen molar-refractivity contribution in [2.24, 2.45) is 4.99 Å². The fraction of sp³-hybridized carbons (Fsp3) is 0.240. The predicted octanol–water partition coefficient (Wildman–Crippen LogP) is 6.15. The molecular formula is C25H26N2O2S2. The Balaban J connectivity index is 1.72. The van der Waals surface area contributed by atoms with E-state index in [4.69, 9.17) is 4.99 Å². The summed E-state index contributed by atoms with van der Waals surface area (Å²) in [6, 6.07) is 26.7. The average Bonchev–Trinajstić information content (AvgIpc) is 3.19. The van der Waals surface area contributed by atoms with Crippen LogP contribution in [0.3, 0.4) is 0 Å². The van der Waals surface area contributed by atoms with Gasteiger partial charge < -0.3 is 0 Å². The molecule has 0 radical (unpaired) electrons. The van der Waals surface area contributed by atoms with Crippen molar-refractivity contribution >= 4 is 32.6 Å². The summed E-state index contributed by atoms with van der Waals surface area (Å²) in [5.41, 5.74) is 2.89. The Hall–Kier alpha value is -2.57. The van der Waals surface area contributed by atoms with Crippen LogP contribution >= 0.6 is 11.8 Å². The number of sulfonamides is 1. The first-order valence-electron chi connectivity index (χ1n) is 10.2. The Kier molecular flexibility index (Phi) is 5.95. The van der Waals surface area contributed by atoms with Gasteiger partial charge in [0.05, 0.1) is 22.4 Å². The number of para-hydroxylation sites is 1. The summed E-state index contributed by atoms with van der Waals surface area (Å²) in [7, 11) is -3.73. The number of benzene rings is 3. The van der Waals surface area contributed by atoms with Crippen molar-refractivity contribution in [3.8, 4) is 0 Å². The second-order valence-corrected chi connectivity index (χ2v) is 11.6. The molecule has 3 aromatic carbocycles. The van der Waals surface area contributed by atoms with Gasteiger partial charge in [-0.1, -0.05) is 93.2 Å². The molecule has 0 N–H and O–H groups in total. The van der Waals surface area contributed by atoms with Gasteiger partial charge in [-0.15, -0.1) is 0 Å². The molecular weight excluding hydrogens is 424 g/mol. The van der Waals surface area contributed by atoms with Crippen LogP contribution in [0.4, 0.5) is 5.69 Å². The molecule has 1 saturated heterocycles. The smallest absolute Gasteiger partial charge is 0.243 e. The summed E-state index contributed by atoms with van der Waals surface area (Å²) in [5, 5.41) is 0.493. The van der Waals surface area contributed by atoms with E-state index in [1.165, 1.54) is 16.1 Å². The van der Waals surface area contributed by atoms with Crippen molar-refractivity contribution in [1.29, 1.82) is 0 Å². The SMILES string of the molecule is CC(C)(C)c1ccc(S(=O)(=O)N2C[C@H](c3ccccc3)SC2=Nc2ccccc2)cc1. The van der Waals surface area contributed by atoms with Gasteiger partial charge in [-0.2, -0.15) is 0 Å². The van der Waals surface area contributed by atoms with E-state index in [0.717, 1.165) is 16.8 Å². The Morgan fingerprint density at radius 2 is 1.45 bits per heavy atom. The Labute approximate surface area is 189 Å². The third kappa shape index (κ3) is 4.70. The van der Waals surface area contributed by atoms with Crippen LogP contribution in [-0.2, 0) is 15.4 Å². The zero-order valence-corrected chi connectivity index (χ0v) is 19.5. The molecule has 4 rings (SSSR count). The average molecular weight is 451 g/mol. The molecule has 0 saturated carbocycles. The van der Waals surface area contributed by atoms with Crippen molar-refractivity contribution in [3.05, 3.63) is 96.1 Å². The highest BCUT2D eigenvalue weighted by Gasteiger charge is 2.38. The number of amidine groups is 1. The van der Waals surface area contributed by atoms with Gasteiger partial charge in [0, 0.05) is 0 Å². The van der Waals surface area contributed by atoms with Crippen molar-refractivity contribution in [1.82, 2.24) is 4.31 Å². The molecule has 0 amide bonds. The first-order valence-corrected chi connectivity index (χ1v) is 12.6. The summed E-state index contributed by atoms with van der Waals surface area (Å²) < 4.78 is 28.7. The highest BCUT2D eigenvalue weighted by molar-refractivity contribution is 8.15. The summed E-state index contributed by atoms with van der Waals surface area (Å²) in [6.07, 6.45) is 0. The maximum atomic E-state index is 13.6. The molecule has 4 nitrogen and oxygen atoms in total. The third-order valence-corrected chi connectivity index (χ3v) is 8.37. The van der Waals surface area contributed by atoms with Gasteiger partial charge in [-0.3, -0.25) is 0 Å². The van der Waals surface area contributed by atoms with Crippen LogP contribution in [0.2, 0.25) is 0 Å². The molecule has 160 valence electrons. The predicted molar refractivity (Wildman–Crippen MR) is 129 cm³/mol. The lowest BCUT2D eigenvalue weighted by Gasteiger charge is -2.21. The first kappa shape index (κ1) is 21.7. The Morgan fingerprint density at radius 1 is 0.871 bits per heavy atom. The summed E-state index contributed by atoms with van der Waals surface area (Å²) in [6.45, 7) is 6.69. The highest BCUT2D eigenvalue weighted by atomic mass is 32.2. The molecule has 0 aliphatic carbocycles. The van der Waals surface area contributed by atoms with E-state index in [1.807, 2.05) is 72.8 Å². The van der Waals surface area contributed by atoms with Crippen LogP contribution in [-0.4, -0.2) is 24.4 Å². The molecule has 0 bridgehead atoms. The van der Waals surface area contributed by atoms with Crippen LogP contribution in [0, 0.1) is 0 Å². The van der Waals surface area contributed by atoms with E-state index >= 15 is 0 Å². The molecule has 0 aromatic heterocycles. The topological polar surface area (TPSA) is 49.7 Å². The van der Waals surface area contributed by atoms with Crippen LogP contribution in [0.1, 0.15) is 37.1 Å². The summed E-state index contributed by atoms with van der Waals surface area (Å²) in [5.74, 6) is 0. The van der Waals surface area contributed by atoms with Crippen LogP contribution < -0.4 is 0 Å². The van der Waals surface area contributed by atoms with Gasteiger partial charge in [0.1, 0.15) is 0 Å². The molecule has 1 fully saturated rings. The molecule has 1 heterocycles. The highest BCUT2D eigenvalue weighted by Crippen LogP contribution is 2.41. The van der Waals surface area contributed by atoms with Crippen LogP contribution in [0.15, 0.2) is 94.8 Å². The maximum absolute atomic E-state index is 13.6. The zero-order chi connectivity index (χ0) is 22.1. The second kappa shape index (κ2) is 8.52. The fourth-order valence-corrected chi connectivity index (χ4v) is 6.41. The minimum atomic E-state index is -3.73. The quantitative estimate of drug-likeness (QED) is 0.479. The molecule has 3 aromatic rings. The minimum absolute atomic E-state index is 0.00714. The molecule has 31 heavy (non-hydrogen) atoms. The van der Waals surface area contributed by atoms with Gasteiger partial charge in [-0.25, -0.2) is 17.7 Å². The number of nitrogens with zero attached hydrogens (tertiary/aromatic N) is 2. The van der Waals surface area contributed by atoms with E-state index < -0.39 is 10.0 Å². The molecule has 6 heteroatoms. The van der Waals surface area contributed by atoms with Crippen molar-refractivity contribution in [3.63, 3.8) is 0 Å². The largest absolute Gasteiger partial charge is 0.265 e. The molecule has 0 unspecified atom stereocenters. The molecule has 1 aliphatic rings. The van der Waals surface area contributed by atoms with E-state index in [-0.39, 0.29) is 15.6 Å². The summed E-state index contributed by atoms with van der Waals surface area (Å²) >= 11 is 1.49. The van der Waals surface area contributed by atoms with Gasteiger partial charge in [0.2, 0.25) is 0 Å². The minimum Gasteiger partial charge on any atom is -0.243 e. The zero-order valence-electron chi connectivity index (χ0n) is 17.9. The Bertz CT molecular complexity index is 1170. The van der Waals surface area contributed by atoms with Gasteiger partial charge in [0.25, 0.3) is 10.0 Å². The standard InChI is InChI=1S/C25H26N2O2S2/c1-25(2,3)20-14-16-22(17-15-20)31(28,29)27-18-23(19-10-6-4-7-11-19)30-24(27)26-21-12-8-5-9-13-21/h4-17,23H,18H2,1-3H3/t23-/m1/s1. The third-order valence-electron chi connectivity index (χ3n) is 5.25. The molecule has 1 aliphatic heterocycles. The van der Waals surface area contributed by atoms with E-state index in [1.54, 1.807) is 12.1 Å². The van der Waals surface area contributed by atoms with E-state index in [2.05, 4.69) is 20.8 Å². The lowest BCUT2D eigenvalue weighted by Crippen LogP contribution is -2.32. The normalized spacial score (nSPS) is 18.5. The van der Waals surface area contributed by atoms with Crippen LogP contribution in [0.5, 0.6) is 0 Å². The number of hydrogen-bond donors (Lipinski definition) is 0. The van der Waals surface area contributed by atoms with Gasteiger partial charge in [0.15, 0.2) is 5.17 Å². The number of aliphatic imine (C=N–C) groups is 1. The van der Waals surface area contributed by atoms with Crippen molar-refractivity contribution < 1.29 is 8.42 Å². The lowest BCUT2D eigenvalue weighted by atomic mass is 9.87. The number of hydrogen-bond acceptors (Lipinski definition) is 4. The van der Waals surface area contributed by atoms with Gasteiger partial charge in [-0.05, 0) is 40.8 Å². The van der Waals surface area contributed by atoms with Gasteiger partial charge >= 0.3 is 0 Å². The maximum Gasteiger partial charge on any atom is 0.265 e. The van der Waals surface area contributed by atoms with Crippen LogP contribution in [0.25, 0.3) is 0 Å². The van der Waals surface area contributed by atoms with Crippen molar-refractivity contribution in [2.45, 2.75) is 36.3 Å². The number of rotatable bonds is 4. The van der Waals surface area contributed by atoms with E-state index in [9.17, 15) is 8.42 Å². The number of thioether (sulfide) groups is 1. The second-order valence-electron chi connectivity index (χ2n) is 8.56. The summed E-state index contributed by atoms with van der Waals surface area (Å²) in [4.78, 5) is 4.98. The first-order chi connectivity index (χ1) is 14.7. The Morgan fingerprint density at radius 3 is 2.03 bits per heavy atom.